The fourth-order valence-electron chi connectivity index (χ4n) is 2.91. The van der Waals surface area contributed by atoms with E-state index in [1.807, 2.05) is 0 Å². The van der Waals surface area contributed by atoms with E-state index in [-0.39, 0.29) is 16.7 Å². The Morgan fingerprint density at radius 3 is 2.57 bits per heavy atom. The summed E-state index contributed by atoms with van der Waals surface area (Å²) in [5, 5.41) is 0.390. The van der Waals surface area contributed by atoms with E-state index in [1.165, 1.54) is 16.4 Å². The van der Waals surface area contributed by atoms with E-state index in [0.29, 0.717) is 44.4 Å². The van der Waals surface area contributed by atoms with Crippen LogP contribution in [-0.4, -0.2) is 62.9 Å². The average molecular weight is 359 g/mol. The summed E-state index contributed by atoms with van der Waals surface area (Å²) in [6.07, 6.45) is 0.750. The zero-order chi connectivity index (χ0) is 16.4. The van der Waals surface area contributed by atoms with E-state index in [1.54, 1.807) is 17.0 Å². The van der Waals surface area contributed by atoms with E-state index < -0.39 is 10.0 Å². The normalized spacial score (nSPS) is 23.2. The van der Waals surface area contributed by atoms with E-state index in [4.69, 9.17) is 16.3 Å². The van der Waals surface area contributed by atoms with E-state index in [0.717, 1.165) is 6.42 Å². The number of carbonyl (C=O) groups is 1. The Morgan fingerprint density at radius 1 is 1.22 bits per heavy atom. The Hall–Kier alpha value is -1.15. The first-order valence-corrected chi connectivity index (χ1v) is 9.42. The summed E-state index contributed by atoms with van der Waals surface area (Å²) in [4.78, 5) is 14.3. The summed E-state index contributed by atoms with van der Waals surface area (Å²) in [5.74, 6) is -0.00612. The first-order chi connectivity index (χ1) is 11.0. The topological polar surface area (TPSA) is 66.9 Å². The van der Waals surface area contributed by atoms with Gasteiger partial charge in [-0.25, -0.2) is 8.42 Å². The molecule has 2 fully saturated rings. The van der Waals surface area contributed by atoms with Gasteiger partial charge in [0, 0.05) is 37.8 Å². The van der Waals surface area contributed by atoms with Crippen molar-refractivity contribution in [1.29, 1.82) is 0 Å². The van der Waals surface area contributed by atoms with Gasteiger partial charge in [-0.1, -0.05) is 17.7 Å². The zero-order valence-corrected chi connectivity index (χ0v) is 14.2. The maximum Gasteiger partial charge on any atom is 0.243 e. The smallest absolute Gasteiger partial charge is 0.243 e. The van der Waals surface area contributed by atoms with Crippen molar-refractivity contribution in [3.05, 3.63) is 29.3 Å². The number of hydrogen-bond acceptors (Lipinski definition) is 4. The molecule has 1 aromatic rings. The molecular formula is C15H19ClN2O4S. The molecule has 23 heavy (non-hydrogen) atoms. The standard InChI is InChI=1S/C15H19ClN2O4S/c16-13-2-1-3-14(10-13)23(20,21)18-7-5-17(6-8-18)15(19)12-4-9-22-11-12/h1-3,10,12H,4-9,11H2. The van der Waals surface area contributed by atoms with Crippen LogP contribution in [0.5, 0.6) is 0 Å². The Morgan fingerprint density at radius 2 is 1.96 bits per heavy atom. The van der Waals surface area contributed by atoms with Gasteiger partial charge in [0.25, 0.3) is 0 Å². The third kappa shape index (κ3) is 3.52. The maximum absolute atomic E-state index is 12.6. The molecule has 0 bridgehead atoms. The highest BCUT2D eigenvalue weighted by atomic mass is 35.5. The summed E-state index contributed by atoms with van der Waals surface area (Å²) in [7, 11) is -3.57. The molecule has 0 aliphatic carbocycles. The molecule has 1 atom stereocenters. The molecule has 0 aromatic heterocycles. The molecular weight excluding hydrogens is 340 g/mol. The second kappa shape index (κ2) is 6.76. The maximum atomic E-state index is 12.6. The molecule has 8 heteroatoms. The van der Waals surface area contributed by atoms with Gasteiger partial charge in [-0.05, 0) is 24.6 Å². The summed E-state index contributed by atoms with van der Waals surface area (Å²) in [5.41, 5.74) is 0. The predicted molar refractivity (Wildman–Crippen MR) is 85.7 cm³/mol. The Balaban J connectivity index is 1.65. The lowest BCUT2D eigenvalue weighted by molar-refractivity contribution is -0.136. The number of amides is 1. The molecule has 0 spiro atoms. The molecule has 0 N–H and O–H groups in total. The highest BCUT2D eigenvalue weighted by Gasteiger charge is 2.33. The number of sulfonamides is 1. The van der Waals surface area contributed by atoms with Crippen LogP contribution in [0.4, 0.5) is 0 Å². The van der Waals surface area contributed by atoms with Crippen LogP contribution in [-0.2, 0) is 19.6 Å². The van der Waals surface area contributed by atoms with Crippen molar-refractivity contribution in [1.82, 2.24) is 9.21 Å². The number of carbonyl (C=O) groups excluding carboxylic acids is 1. The molecule has 2 aliphatic heterocycles. The van der Waals surface area contributed by atoms with Gasteiger partial charge >= 0.3 is 0 Å². The second-order valence-electron chi connectivity index (χ2n) is 5.75. The minimum atomic E-state index is -3.57. The van der Waals surface area contributed by atoms with Crippen molar-refractivity contribution in [2.24, 2.45) is 5.92 Å². The lowest BCUT2D eigenvalue weighted by Crippen LogP contribution is -2.51. The van der Waals surface area contributed by atoms with Gasteiger partial charge in [-0.2, -0.15) is 4.31 Å². The minimum absolute atomic E-state index is 0.0716. The fraction of sp³-hybridized carbons (Fsp3) is 0.533. The summed E-state index contributed by atoms with van der Waals surface area (Å²) in [6, 6.07) is 6.24. The van der Waals surface area contributed by atoms with E-state index in [2.05, 4.69) is 0 Å². The number of ether oxygens (including phenoxy) is 1. The first-order valence-electron chi connectivity index (χ1n) is 7.61. The number of halogens is 1. The second-order valence-corrected chi connectivity index (χ2v) is 8.12. The highest BCUT2D eigenvalue weighted by Crippen LogP contribution is 2.22. The third-order valence-corrected chi connectivity index (χ3v) is 6.39. The highest BCUT2D eigenvalue weighted by molar-refractivity contribution is 7.89. The monoisotopic (exact) mass is 358 g/mol. The Bertz CT molecular complexity index is 680. The SMILES string of the molecule is O=C(C1CCOC1)N1CCN(S(=O)(=O)c2cccc(Cl)c2)CC1. The average Bonchev–Trinajstić information content (AvgIpc) is 3.09. The van der Waals surface area contributed by atoms with E-state index >= 15 is 0 Å². The van der Waals surface area contributed by atoms with E-state index in [9.17, 15) is 13.2 Å². The largest absolute Gasteiger partial charge is 0.381 e. The van der Waals surface area contributed by atoms with Crippen LogP contribution in [0.15, 0.2) is 29.2 Å². The number of rotatable bonds is 3. The molecule has 2 saturated heterocycles. The number of nitrogens with zero attached hydrogens (tertiary/aromatic N) is 2. The van der Waals surface area contributed by atoms with Crippen LogP contribution < -0.4 is 0 Å². The van der Waals surface area contributed by atoms with Gasteiger partial charge in [-0.3, -0.25) is 4.79 Å². The molecule has 3 rings (SSSR count). The van der Waals surface area contributed by atoms with Crippen molar-refractivity contribution in [3.63, 3.8) is 0 Å². The first kappa shape index (κ1) is 16.7. The fourth-order valence-corrected chi connectivity index (χ4v) is 4.64. The molecule has 126 valence electrons. The van der Waals surface area contributed by atoms with Gasteiger partial charge in [0.15, 0.2) is 0 Å². The molecule has 1 aromatic carbocycles. The Labute approximate surface area is 141 Å². The third-order valence-electron chi connectivity index (χ3n) is 4.26. The molecule has 2 aliphatic rings. The number of piperazine rings is 1. The molecule has 1 amide bonds. The zero-order valence-electron chi connectivity index (χ0n) is 12.7. The molecule has 1 unspecified atom stereocenters. The summed E-state index contributed by atoms with van der Waals surface area (Å²) >= 11 is 5.88. The van der Waals surface area contributed by atoms with Crippen molar-refractivity contribution >= 4 is 27.5 Å². The van der Waals surface area contributed by atoms with Crippen molar-refractivity contribution in [3.8, 4) is 0 Å². The quantitative estimate of drug-likeness (QED) is 0.814. The van der Waals surface area contributed by atoms with Crippen LogP contribution in [0, 0.1) is 5.92 Å². The molecule has 2 heterocycles. The van der Waals surface area contributed by atoms with Crippen LogP contribution in [0.3, 0.4) is 0 Å². The minimum Gasteiger partial charge on any atom is -0.381 e. The van der Waals surface area contributed by atoms with Gasteiger partial charge < -0.3 is 9.64 Å². The molecule has 0 saturated carbocycles. The summed E-state index contributed by atoms with van der Waals surface area (Å²) < 4.78 is 31.9. The summed E-state index contributed by atoms with van der Waals surface area (Å²) in [6.45, 7) is 2.52. The van der Waals surface area contributed by atoms with Gasteiger partial charge in [0.2, 0.25) is 15.9 Å². The van der Waals surface area contributed by atoms with Crippen LogP contribution >= 0.6 is 11.6 Å². The van der Waals surface area contributed by atoms with Crippen LogP contribution in [0.25, 0.3) is 0 Å². The van der Waals surface area contributed by atoms with Gasteiger partial charge in [0.1, 0.15) is 0 Å². The van der Waals surface area contributed by atoms with Crippen LogP contribution in [0.2, 0.25) is 5.02 Å². The van der Waals surface area contributed by atoms with Crippen molar-refractivity contribution in [2.75, 3.05) is 39.4 Å². The lowest BCUT2D eigenvalue weighted by atomic mass is 10.1. The predicted octanol–water partition coefficient (Wildman–Crippen LogP) is 1.21. The molecule has 0 radical (unpaired) electrons. The lowest BCUT2D eigenvalue weighted by Gasteiger charge is -2.35. The van der Waals surface area contributed by atoms with Crippen molar-refractivity contribution in [2.45, 2.75) is 11.3 Å². The van der Waals surface area contributed by atoms with Crippen LogP contribution in [0.1, 0.15) is 6.42 Å². The number of benzene rings is 1. The molecule has 6 nitrogen and oxygen atoms in total. The van der Waals surface area contributed by atoms with Crippen molar-refractivity contribution < 1.29 is 17.9 Å². The van der Waals surface area contributed by atoms with Gasteiger partial charge in [-0.15, -0.1) is 0 Å². The van der Waals surface area contributed by atoms with Gasteiger partial charge in [0.05, 0.1) is 17.4 Å². The Kier molecular flexibility index (Phi) is 4.91. The number of hydrogen-bond donors (Lipinski definition) is 0.